The van der Waals surface area contributed by atoms with E-state index in [2.05, 4.69) is 13.8 Å². The van der Waals surface area contributed by atoms with Crippen LogP contribution < -0.4 is 10.3 Å². The third-order valence-electron chi connectivity index (χ3n) is 4.82. The first kappa shape index (κ1) is 19.3. The molecule has 0 fully saturated rings. The van der Waals surface area contributed by atoms with E-state index in [1.807, 2.05) is 72.8 Å². The summed E-state index contributed by atoms with van der Waals surface area (Å²) in [5, 5.41) is 1.30. The first-order valence-corrected chi connectivity index (χ1v) is 10.5. The number of hydrogen-bond acceptors (Lipinski definition) is 4. The molecule has 5 heteroatoms. The summed E-state index contributed by atoms with van der Waals surface area (Å²) >= 11 is 1.53. The minimum absolute atomic E-state index is 0.0506. The molecule has 0 amide bonds. The molecule has 4 aromatic rings. The van der Waals surface area contributed by atoms with Gasteiger partial charge in [-0.15, -0.1) is 0 Å². The lowest BCUT2D eigenvalue weighted by atomic mass is 10.1. The van der Waals surface area contributed by atoms with E-state index in [1.165, 1.54) is 17.3 Å². The molecule has 0 saturated carbocycles. The van der Waals surface area contributed by atoms with E-state index in [4.69, 9.17) is 9.72 Å². The molecule has 4 rings (SSSR count). The zero-order valence-corrected chi connectivity index (χ0v) is 17.3. The quantitative estimate of drug-likeness (QED) is 0.253. The summed E-state index contributed by atoms with van der Waals surface area (Å²) in [6.45, 7) is 4.65. The monoisotopic (exact) mass is 402 g/mol. The number of fused-ring (bicyclic) bond motifs is 1. The number of para-hydroxylation sites is 2. The number of hydrogen-bond donors (Lipinski definition) is 0. The first-order valence-electron chi connectivity index (χ1n) is 9.53. The summed E-state index contributed by atoms with van der Waals surface area (Å²) in [5.74, 6) is 1.52. The molecule has 0 aliphatic heterocycles. The van der Waals surface area contributed by atoms with Gasteiger partial charge in [0, 0.05) is 5.75 Å². The van der Waals surface area contributed by atoms with Crippen LogP contribution in [0.15, 0.2) is 82.7 Å². The fraction of sp³-hybridized carbons (Fsp3) is 0.167. The summed E-state index contributed by atoms with van der Waals surface area (Å²) in [4.78, 5) is 18.1. The molecule has 0 spiro atoms. The predicted molar refractivity (Wildman–Crippen MR) is 119 cm³/mol. The number of benzene rings is 3. The van der Waals surface area contributed by atoms with Gasteiger partial charge in [-0.3, -0.25) is 9.36 Å². The molecule has 3 aromatic carbocycles. The smallest absolute Gasteiger partial charge is 0.266 e. The molecule has 4 nitrogen and oxygen atoms in total. The van der Waals surface area contributed by atoms with Gasteiger partial charge in [0.25, 0.3) is 5.56 Å². The Bertz CT molecular complexity index is 1200. The lowest BCUT2D eigenvalue weighted by molar-refractivity contribution is 0.344. The minimum Gasteiger partial charge on any atom is -0.493 e. The molecule has 0 aliphatic rings. The summed E-state index contributed by atoms with van der Waals surface area (Å²) in [6, 6.07) is 23.3. The SMILES string of the molecule is Cc1ccc(-n2c(SCCOc3ccccc3)nc3ccccc3c2=O)cc1C. The topological polar surface area (TPSA) is 44.1 Å². The number of rotatable bonds is 6. The molecular weight excluding hydrogens is 380 g/mol. The van der Waals surface area contributed by atoms with Gasteiger partial charge >= 0.3 is 0 Å². The molecule has 0 aliphatic carbocycles. The van der Waals surface area contributed by atoms with E-state index >= 15 is 0 Å². The first-order chi connectivity index (χ1) is 14.1. The van der Waals surface area contributed by atoms with Crippen LogP contribution in [0.25, 0.3) is 16.6 Å². The van der Waals surface area contributed by atoms with Gasteiger partial charge in [0.2, 0.25) is 0 Å². The molecule has 0 bridgehead atoms. The summed E-state index contributed by atoms with van der Waals surface area (Å²) < 4.78 is 7.50. The molecule has 29 heavy (non-hydrogen) atoms. The molecule has 146 valence electrons. The highest BCUT2D eigenvalue weighted by atomic mass is 32.2. The Hall–Kier alpha value is -3.05. The molecule has 0 unspecified atom stereocenters. The average molecular weight is 403 g/mol. The van der Waals surface area contributed by atoms with Crippen molar-refractivity contribution >= 4 is 22.7 Å². The second-order valence-corrected chi connectivity index (χ2v) is 7.89. The maximum absolute atomic E-state index is 13.3. The van der Waals surface area contributed by atoms with E-state index in [-0.39, 0.29) is 5.56 Å². The van der Waals surface area contributed by atoms with Crippen LogP contribution in [0.4, 0.5) is 0 Å². The maximum Gasteiger partial charge on any atom is 0.266 e. The Kier molecular flexibility index (Phi) is 5.67. The Morgan fingerprint density at radius 1 is 0.931 bits per heavy atom. The second-order valence-electron chi connectivity index (χ2n) is 6.83. The third-order valence-corrected chi connectivity index (χ3v) is 5.72. The van der Waals surface area contributed by atoms with Crippen LogP contribution in [0, 0.1) is 13.8 Å². The van der Waals surface area contributed by atoms with Crippen molar-refractivity contribution in [3.63, 3.8) is 0 Å². The molecule has 0 radical (unpaired) electrons. The average Bonchev–Trinajstić information content (AvgIpc) is 2.74. The lowest BCUT2D eigenvalue weighted by Crippen LogP contribution is -2.22. The Morgan fingerprint density at radius 3 is 2.48 bits per heavy atom. The Balaban J connectivity index is 1.67. The van der Waals surface area contributed by atoms with Crippen molar-refractivity contribution in [2.24, 2.45) is 0 Å². The van der Waals surface area contributed by atoms with Gasteiger partial charge in [-0.25, -0.2) is 4.98 Å². The molecule has 0 N–H and O–H groups in total. The maximum atomic E-state index is 13.3. The van der Waals surface area contributed by atoms with Crippen molar-refractivity contribution in [2.75, 3.05) is 12.4 Å². The predicted octanol–water partition coefficient (Wildman–Crippen LogP) is 5.17. The van der Waals surface area contributed by atoms with Crippen LogP contribution in [-0.4, -0.2) is 21.9 Å². The highest BCUT2D eigenvalue weighted by Crippen LogP contribution is 2.23. The summed E-state index contributed by atoms with van der Waals surface area (Å²) in [6.07, 6.45) is 0. The normalized spacial score (nSPS) is 11.0. The van der Waals surface area contributed by atoms with Crippen LogP contribution in [0.1, 0.15) is 11.1 Å². The van der Waals surface area contributed by atoms with Gasteiger partial charge in [-0.05, 0) is 61.4 Å². The summed E-state index contributed by atoms with van der Waals surface area (Å²) in [5.41, 5.74) is 3.84. The number of aromatic nitrogens is 2. The Labute approximate surface area is 174 Å². The van der Waals surface area contributed by atoms with Gasteiger partial charge in [0.1, 0.15) is 5.75 Å². The molecule has 0 atom stereocenters. The number of nitrogens with zero attached hydrogens (tertiary/aromatic N) is 2. The van der Waals surface area contributed by atoms with Crippen molar-refractivity contribution in [1.29, 1.82) is 0 Å². The van der Waals surface area contributed by atoms with E-state index in [1.54, 1.807) is 4.57 Å². The van der Waals surface area contributed by atoms with Crippen LogP contribution in [0.2, 0.25) is 0 Å². The van der Waals surface area contributed by atoms with Crippen LogP contribution >= 0.6 is 11.8 Å². The zero-order chi connectivity index (χ0) is 20.2. The standard InChI is InChI=1S/C24H22N2O2S/c1-17-12-13-19(16-18(17)2)26-23(27)21-10-6-7-11-22(21)25-24(26)29-15-14-28-20-8-4-3-5-9-20/h3-13,16H,14-15H2,1-2H3. The van der Waals surface area contributed by atoms with Gasteiger partial charge in [-0.1, -0.05) is 48.2 Å². The number of ether oxygens (including phenoxy) is 1. The van der Waals surface area contributed by atoms with Crippen molar-refractivity contribution in [3.8, 4) is 11.4 Å². The lowest BCUT2D eigenvalue weighted by Gasteiger charge is -2.14. The van der Waals surface area contributed by atoms with Crippen LogP contribution in [0.3, 0.4) is 0 Å². The molecular formula is C24H22N2O2S. The number of thioether (sulfide) groups is 1. The highest BCUT2D eigenvalue weighted by Gasteiger charge is 2.13. The van der Waals surface area contributed by atoms with Gasteiger partial charge in [0.15, 0.2) is 5.16 Å². The van der Waals surface area contributed by atoms with Crippen LogP contribution in [-0.2, 0) is 0 Å². The zero-order valence-electron chi connectivity index (χ0n) is 16.5. The van der Waals surface area contributed by atoms with E-state index in [0.29, 0.717) is 28.4 Å². The van der Waals surface area contributed by atoms with Crippen LogP contribution in [0.5, 0.6) is 5.75 Å². The van der Waals surface area contributed by atoms with Gasteiger partial charge in [0.05, 0.1) is 23.2 Å². The summed E-state index contributed by atoms with van der Waals surface area (Å²) in [7, 11) is 0. The van der Waals surface area contributed by atoms with Crippen molar-refractivity contribution < 1.29 is 4.74 Å². The minimum atomic E-state index is -0.0506. The molecule has 1 heterocycles. The Morgan fingerprint density at radius 2 is 1.69 bits per heavy atom. The van der Waals surface area contributed by atoms with Crippen molar-refractivity contribution in [3.05, 3.63) is 94.3 Å². The fourth-order valence-corrected chi connectivity index (χ4v) is 3.94. The van der Waals surface area contributed by atoms with Crippen molar-refractivity contribution in [1.82, 2.24) is 9.55 Å². The van der Waals surface area contributed by atoms with E-state index in [9.17, 15) is 4.79 Å². The molecule has 1 aromatic heterocycles. The van der Waals surface area contributed by atoms with Gasteiger partial charge in [-0.2, -0.15) is 0 Å². The number of aryl methyl sites for hydroxylation is 2. The molecule has 0 saturated heterocycles. The third kappa shape index (κ3) is 4.20. The fourth-order valence-electron chi connectivity index (χ4n) is 3.11. The second kappa shape index (κ2) is 8.53. The highest BCUT2D eigenvalue weighted by molar-refractivity contribution is 7.99. The van der Waals surface area contributed by atoms with Crippen molar-refractivity contribution in [2.45, 2.75) is 19.0 Å². The van der Waals surface area contributed by atoms with E-state index in [0.717, 1.165) is 17.0 Å². The largest absolute Gasteiger partial charge is 0.493 e. The van der Waals surface area contributed by atoms with Gasteiger partial charge < -0.3 is 4.74 Å². The van der Waals surface area contributed by atoms with E-state index < -0.39 is 0 Å².